The van der Waals surface area contributed by atoms with E-state index in [4.69, 9.17) is 9.47 Å². The molecule has 0 spiro atoms. The summed E-state index contributed by atoms with van der Waals surface area (Å²) in [7, 11) is 1.58. The van der Waals surface area contributed by atoms with Gasteiger partial charge in [0.25, 0.3) is 0 Å². The van der Waals surface area contributed by atoms with Crippen LogP contribution in [0, 0.1) is 0 Å². The van der Waals surface area contributed by atoms with Crippen molar-refractivity contribution in [1.29, 1.82) is 0 Å². The van der Waals surface area contributed by atoms with Gasteiger partial charge in [-0.15, -0.1) is 0 Å². The number of imide groups is 1. The number of rotatable bonds is 10. The number of hydrogen-bond acceptors (Lipinski definition) is 5. The number of benzene rings is 2. The summed E-state index contributed by atoms with van der Waals surface area (Å²) in [4.78, 5) is 37.0. The third-order valence-electron chi connectivity index (χ3n) is 4.84. The molecule has 1 aliphatic rings. The molecule has 32 heavy (non-hydrogen) atoms. The van der Waals surface area contributed by atoms with Gasteiger partial charge in [-0.25, -0.2) is 4.79 Å². The van der Waals surface area contributed by atoms with Crippen LogP contribution < -0.4 is 20.1 Å². The predicted molar refractivity (Wildman–Crippen MR) is 121 cm³/mol. The van der Waals surface area contributed by atoms with E-state index in [2.05, 4.69) is 17.6 Å². The van der Waals surface area contributed by atoms with Gasteiger partial charge in [0, 0.05) is 11.8 Å². The highest BCUT2D eigenvalue weighted by Crippen LogP contribution is 2.28. The minimum absolute atomic E-state index is 0.0106. The monoisotopic (exact) mass is 437 g/mol. The maximum absolute atomic E-state index is 12.4. The topological polar surface area (TPSA) is 97.0 Å². The van der Waals surface area contributed by atoms with E-state index in [1.165, 1.54) is 6.08 Å². The molecule has 0 aromatic heterocycles. The lowest BCUT2D eigenvalue weighted by molar-refractivity contribution is -0.125. The van der Waals surface area contributed by atoms with Crippen molar-refractivity contribution < 1.29 is 23.9 Å². The number of methoxy groups -OCH3 is 1. The number of hydrogen-bond donors (Lipinski definition) is 2. The molecule has 0 bridgehead atoms. The number of carbonyl (C=O) groups excluding carboxylic acids is 3. The van der Waals surface area contributed by atoms with Gasteiger partial charge in [0.15, 0.2) is 11.5 Å². The molecule has 0 saturated carbocycles. The molecule has 1 heterocycles. The summed E-state index contributed by atoms with van der Waals surface area (Å²) in [6, 6.07) is 12.1. The molecule has 8 nitrogen and oxygen atoms in total. The van der Waals surface area contributed by atoms with Gasteiger partial charge in [-0.2, -0.15) is 0 Å². The van der Waals surface area contributed by atoms with Crippen LogP contribution in [-0.4, -0.2) is 43.0 Å². The molecule has 2 aromatic rings. The van der Waals surface area contributed by atoms with Crippen LogP contribution in [-0.2, 0) is 16.1 Å². The summed E-state index contributed by atoms with van der Waals surface area (Å²) in [5, 5.41) is 5.27. The number of ether oxygens (including phenoxy) is 2. The van der Waals surface area contributed by atoms with E-state index in [9.17, 15) is 14.4 Å². The largest absolute Gasteiger partial charge is 0.493 e. The number of urea groups is 1. The molecule has 1 fully saturated rings. The van der Waals surface area contributed by atoms with Crippen molar-refractivity contribution in [1.82, 2.24) is 10.2 Å². The highest BCUT2D eigenvalue weighted by molar-refractivity contribution is 6.02. The number of carbonyl (C=O) groups is 3. The SMILES string of the molecule is CCCCOc1ccc(/C=C/C(=O)Nc2cccc(CN3C(=O)CNC3=O)c2)cc1OC. The minimum atomic E-state index is -0.412. The van der Waals surface area contributed by atoms with E-state index in [0.29, 0.717) is 23.8 Å². The van der Waals surface area contributed by atoms with Crippen molar-refractivity contribution in [2.24, 2.45) is 0 Å². The summed E-state index contributed by atoms with van der Waals surface area (Å²) in [6.07, 6.45) is 5.13. The van der Waals surface area contributed by atoms with E-state index in [1.54, 1.807) is 37.5 Å². The number of nitrogens with zero attached hydrogens (tertiary/aromatic N) is 1. The first-order valence-electron chi connectivity index (χ1n) is 10.5. The maximum Gasteiger partial charge on any atom is 0.324 e. The molecule has 168 valence electrons. The van der Waals surface area contributed by atoms with Crippen molar-refractivity contribution in [3.05, 3.63) is 59.7 Å². The smallest absolute Gasteiger partial charge is 0.324 e. The summed E-state index contributed by atoms with van der Waals surface area (Å²) in [5.41, 5.74) is 2.11. The van der Waals surface area contributed by atoms with Crippen LogP contribution in [0.25, 0.3) is 6.08 Å². The maximum atomic E-state index is 12.4. The van der Waals surface area contributed by atoms with E-state index in [-0.39, 0.29) is 24.9 Å². The third kappa shape index (κ3) is 6.10. The number of nitrogens with one attached hydrogen (secondary N) is 2. The normalized spacial score (nSPS) is 13.4. The van der Waals surface area contributed by atoms with Gasteiger partial charge in [-0.05, 0) is 47.9 Å². The van der Waals surface area contributed by atoms with Crippen molar-refractivity contribution in [2.75, 3.05) is 25.6 Å². The van der Waals surface area contributed by atoms with Gasteiger partial charge in [-0.1, -0.05) is 31.5 Å². The first kappa shape index (κ1) is 22.9. The average Bonchev–Trinajstić information content (AvgIpc) is 3.10. The summed E-state index contributed by atoms with van der Waals surface area (Å²) >= 11 is 0. The molecule has 1 saturated heterocycles. The van der Waals surface area contributed by atoms with Gasteiger partial charge in [0.05, 0.1) is 26.8 Å². The van der Waals surface area contributed by atoms with Gasteiger partial charge in [0.2, 0.25) is 11.8 Å². The second-order valence-corrected chi connectivity index (χ2v) is 7.27. The van der Waals surface area contributed by atoms with Crippen LogP contribution in [0.4, 0.5) is 10.5 Å². The van der Waals surface area contributed by atoms with Gasteiger partial charge in [-0.3, -0.25) is 14.5 Å². The Labute approximate surface area is 187 Å². The summed E-state index contributed by atoms with van der Waals surface area (Å²) in [5.74, 6) is 0.699. The molecule has 0 atom stereocenters. The van der Waals surface area contributed by atoms with Crippen LogP contribution in [0.3, 0.4) is 0 Å². The molecular formula is C24H27N3O5. The molecule has 0 unspecified atom stereocenters. The highest BCUT2D eigenvalue weighted by atomic mass is 16.5. The number of unbranched alkanes of at least 4 members (excludes halogenated alkanes) is 1. The molecule has 8 heteroatoms. The van der Waals surface area contributed by atoms with Crippen LogP contribution in [0.1, 0.15) is 30.9 Å². The summed E-state index contributed by atoms with van der Waals surface area (Å²) in [6.45, 7) is 2.89. The molecule has 3 rings (SSSR count). The lowest BCUT2D eigenvalue weighted by atomic mass is 10.1. The molecular weight excluding hydrogens is 410 g/mol. The second kappa shape index (κ2) is 11.0. The fourth-order valence-electron chi connectivity index (χ4n) is 3.13. The Morgan fingerprint density at radius 2 is 2.03 bits per heavy atom. The molecule has 0 radical (unpaired) electrons. The standard InChI is InChI=1S/C24H27N3O5/c1-3-4-12-32-20-10-8-17(14-21(20)31-2)9-11-22(28)26-19-7-5-6-18(13-19)16-27-23(29)15-25-24(27)30/h5-11,13-14H,3-4,12,15-16H2,1-2H3,(H,25,30)(H,26,28)/b11-9+. The molecule has 4 amide bonds. The minimum Gasteiger partial charge on any atom is -0.493 e. The molecule has 2 aromatic carbocycles. The Hall–Kier alpha value is -3.81. The first-order valence-corrected chi connectivity index (χ1v) is 10.5. The van der Waals surface area contributed by atoms with Crippen LogP contribution in [0.5, 0.6) is 11.5 Å². The highest BCUT2D eigenvalue weighted by Gasteiger charge is 2.28. The van der Waals surface area contributed by atoms with Crippen molar-refractivity contribution in [2.45, 2.75) is 26.3 Å². The fraction of sp³-hybridized carbons (Fsp3) is 0.292. The van der Waals surface area contributed by atoms with Crippen molar-refractivity contribution in [3.8, 4) is 11.5 Å². The van der Waals surface area contributed by atoms with E-state index in [1.807, 2.05) is 18.2 Å². The van der Waals surface area contributed by atoms with Gasteiger partial charge >= 0.3 is 6.03 Å². The Morgan fingerprint density at radius 3 is 2.75 bits per heavy atom. The molecule has 1 aliphatic heterocycles. The molecule has 0 aliphatic carbocycles. The van der Waals surface area contributed by atoms with Crippen molar-refractivity contribution in [3.63, 3.8) is 0 Å². The molecule has 2 N–H and O–H groups in total. The number of amides is 4. The predicted octanol–water partition coefficient (Wildman–Crippen LogP) is 3.58. The lowest BCUT2D eigenvalue weighted by Crippen LogP contribution is -2.30. The third-order valence-corrected chi connectivity index (χ3v) is 4.84. The lowest BCUT2D eigenvalue weighted by Gasteiger charge is -2.13. The van der Waals surface area contributed by atoms with E-state index >= 15 is 0 Å². The number of anilines is 1. The van der Waals surface area contributed by atoms with E-state index < -0.39 is 6.03 Å². The zero-order valence-electron chi connectivity index (χ0n) is 18.2. The van der Waals surface area contributed by atoms with Crippen LogP contribution in [0.15, 0.2) is 48.5 Å². The quantitative estimate of drug-likeness (QED) is 0.336. The fourth-order valence-corrected chi connectivity index (χ4v) is 3.13. The van der Waals surface area contributed by atoms with Gasteiger partial charge < -0.3 is 20.1 Å². The van der Waals surface area contributed by atoms with Crippen LogP contribution >= 0.6 is 0 Å². The Bertz CT molecular complexity index is 1000. The Kier molecular flexibility index (Phi) is 7.85. The Morgan fingerprint density at radius 1 is 1.19 bits per heavy atom. The second-order valence-electron chi connectivity index (χ2n) is 7.27. The van der Waals surface area contributed by atoms with E-state index in [0.717, 1.165) is 28.9 Å². The van der Waals surface area contributed by atoms with Gasteiger partial charge in [0.1, 0.15) is 0 Å². The summed E-state index contributed by atoms with van der Waals surface area (Å²) < 4.78 is 11.1. The zero-order valence-corrected chi connectivity index (χ0v) is 18.2. The first-order chi connectivity index (χ1) is 15.5. The van der Waals surface area contributed by atoms with Crippen molar-refractivity contribution >= 4 is 29.6 Å². The van der Waals surface area contributed by atoms with Crippen LogP contribution in [0.2, 0.25) is 0 Å². The zero-order chi connectivity index (χ0) is 22.9. The average molecular weight is 437 g/mol. The Balaban J connectivity index is 1.60.